The Hall–Kier alpha value is -3.28. The summed E-state index contributed by atoms with van der Waals surface area (Å²) in [6.07, 6.45) is 12.5. The van der Waals surface area contributed by atoms with Crippen molar-refractivity contribution in [3.63, 3.8) is 0 Å². The molecule has 6 nitrogen and oxygen atoms in total. The normalized spacial score (nSPS) is 14.6. The monoisotopic (exact) mass is 415 g/mol. The standard InChI is InChI=1S/C17H13N5O.C8H16/c1-10-8-11(6-7-18-10)12-2-3-13(17-14(12)9-19-22-17)15-4-5-16(23)21-20-15;1-8-6-4-2-3-5-7-8/h2-9H,1H3,(H,19,22)(H,21,23);8H,2-7H2,1H3. The molecule has 4 aromatic rings. The summed E-state index contributed by atoms with van der Waals surface area (Å²) < 4.78 is 0. The SMILES string of the molecule is CC1CCCCCC1.Cc1cc(-c2ccc(-c3ccc(=O)[nH]n3)c3[nH]ncc23)ccn1. The molecule has 2 N–H and O–H groups in total. The lowest BCUT2D eigenvalue weighted by Gasteiger charge is -2.07. The van der Waals surface area contributed by atoms with E-state index in [4.69, 9.17) is 0 Å². The highest BCUT2D eigenvalue weighted by molar-refractivity contribution is 6.01. The molecule has 1 aromatic carbocycles. The van der Waals surface area contributed by atoms with Crippen molar-refractivity contribution in [1.82, 2.24) is 25.4 Å². The molecule has 3 heterocycles. The Bertz CT molecular complexity index is 1180. The Balaban J connectivity index is 0.000000245. The van der Waals surface area contributed by atoms with Crippen LogP contribution in [0.15, 0.2) is 53.6 Å². The van der Waals surface area contributed by atoms with Gasteiger partial charge in [-0.3, -0.25) is 14.9 Å². The van der Waals surface area contributed by atoms with Crippen molar-refractivity contribution in [3.05, 3.63) is 64.8 Å². The number of nitrogens with one attached hydrogen (secondary N) is 2. The molecule has 0 radical (unpaired) electrons. The van der Waals surface area contributed by atoms with E-state index in [9.17, 15) is 4.79 Å². The molecule has 31 heavy (non-hydrogen) atoms. The van der Waals surface area contributed by atoms with Crippen LogP contribution >= 0.6 is 0 Å². The van der Waals surface area contributed by atoms with Gasteiger partial charge in [0, 0.05) is 28.9 Å². The van der Waals surface area contributed by atoms with Crippen LogP contribution in [0.1, 0.15) is 51.1 Å². The maximum atomic E-state index is 11.2. The largest absolute Gasteiger partial charge is 0.277 e. The third-order valence-corrected chi connectivity index (χ3v) is 5.92. The zero-order valence-electron chi connectivity index (χ0n) is 18.2. The van der Waals surface area contributed by atoms with Gasteiger partial charge in [0.25, 0.3) is 5.56 Å². The molecule has 3 aromatic heterocycles. The Morgan fingerprint density at radius 3 is 2.42 bits per heavy atom. The summed E-state index contributed by atoms with van der Waals surface area (Å²) in [5, 5.41) is 14.8. The smallest absolute Gasteiger partial charge is 0.264 e. The zero-order chi connectivity index (χ0) is 21.6. The highest BCUT2D eigenvalue weighted by Crippen LogP contribution is 2.33. The quantitative estimate of drug-likeness (QED) is 0.414. The average Bonchev–Trinajstić information content (AvgIpc) is 3.14. The minimum atomic E-state index is -0.224. The number of pyridine rings is 1. The topological polar surface area (TPSA) is 87.3 Å². The van der Waals surface area contributed by atoms with Crippen LogP contribution in [0.3, 0.4) is 0 Å². The van der Waals surface area contributed by atoms with Crippen LogP contribution in [0.2, 0.25) is 0 Å². The first-order valence-electron chi connectivity index (χ1n) is 11.1. The molecule has 1 aliphatic rings. The van der Waals surface area contributed by atoms with E-state index in [1.807, 2.05) is 31.2 Å². The van der Waals surface area contributed by atoms with Gasteiger partial charge in [0.2, 0.25) is 0 Å². The molecule has 1 aliphatic carbocycles. The molecule has 0 aliphatic heterocycles. The van der Waals surface area contributed by atoms with Gasteiger partial charge < -0.3 is 0 Å². The summed E-state index contributed by atoms with van der Waals surface area (Å²) in [6, 6.07) is 11.2. The van der Waals surface area contributed by atoms with Crippen LogP contribution in [0.5, 0.6) is 0 Å². The molecule has 0 amide bonds. The number of benzene rings is 1. The molecular weight excluding hydrogens is 386 g/mol. The van der Waals surface area contributed by atoms with E-state index in [-0.39, 0.29) is 5.56 Å². The molecule has 0 bridgehead atoms. The Morgan fingerprint density at radius 1 is 0.935 bits per heavy atom. The Labute approximate surface area is 182 Å². The molecule has 0 spiro atoms. The predicted molar refractivity (Wildman–Crippen MR) is 125 cm³/mol. The summed E-state index contributed by atoms with van der Waals surface area (Å²) in [5.41, 5.74) is 5.37. The van der Waals surface area contributed by atoms with E-state index < -0.39 is 0 Å². The second-order valence-corrected chi connectivity index (χ2v) is 8.41. The van der Waals surface area contributed by atoms with Crippen LogP contribution in [0.25, 0.3) is 33.3 Å². The molecule has 0 saturated heterocycles. The first kappa shape index (κ1) is 21.0. The highest BCUT2D eigenvalue weighted by Gasteiger charge is 2.12. The molecular formula is C25H29N5O. The zero-order valence-corrected chi connectivity index (χ0v) is 18.2. The van der Waals surface area contributed by atoms with Gasteiger partial charge in [0.15, 0.2) is 0 Å². The summed E-state index contributed by atoms with van der Waals surface area (Å²) in [6.45, 7) is 4.35. The van der Waals surface area contributed by atoms with Crippen LogP contribution in [0.4, 0.5) is 0 Å². The number of H-pyrrole nitrogens is 2. The van der Waals surface area contributed by atoms with Crippen molar-refractivity contribution in [2.45, 2.75) is 52.4 Å². The van der Waals surface area contributed by atoms with Gasteiger partial charge >= 0.3 is 0 Å². The van der Waals surface area contributed by atoms with Crippen molar-refractivity contribution in [2.24, 2.45) is 5.92 Å². The minimum absolute atomic E-state index is 0.224. The lowest BCUT2D eigenvalue weighted by atomic mass is 9.98. The predicted octanol–water partition coefficient (Wildman–Crippen LogP) is 5.66. The maximum absolute atomic E-state index is 11.2. The van der Waals surface area contributed by atoms with E-state index in [1.54, 1.807) is 18.5 Å². The van der Waals surface area contributed by atoms with Crippen molar-refractivity contribution in [3.8, 4) is 22.4 Å². The lowest BCUT2D eigenvalue weighted by Crippen LogP contribution is -2.05. The van der Waals surface area contributed by atoms with Crippen LogP contribution in [0, 0.1) is 12.8 Å². The van der Waals surface area contributed by atoms with Gasteiger partial charge in [-0.1, -0.05) is 51.5 Å². The fourth-order valence-corrected chi connectivity index (χ4v) is 4.19. The molecule has 6 heteroatoms. The van der Waals surface area contributed by atoms with Gasteiger partial charge in [-0.2, -0.15) is 10.2 Å². The second kappa shape index (κ2) is 9.69. The molecule has 0 atom stereocenters. The van der Waals surface area contributed by atoms with E-state index in [0.29, 0.717) is 5.69 Å². The van der Waals surface area contributed by atoms with Crippen LogP contribution < -0.4 is 5.56 Å². The number of hydrogen-bond acceptors (Lipinski definition) is 4. The molecule has 1 fully saturated rings. The van der Waals surface area contributed by atoms with Gasteiger partial charge in [-0.15, -0.1) is 0 Å². The van der Waals surface area contributed by atoms with Crippen molar-refractivity contribution in [2.75, 3.05) is 0 Å². The molecule has 1 saturated carbocycles. The highest BCUT2D eigenvalue weighted by atomic mass is 16.1. The van der Waals surface area contributed by atoms with E-state index >= 15 is 0 Å². The van der Waals surface area contributed by atoms with Crippen LogP contribution in [-0.2, 0) is 0 Å². The van der Waals surface area contributed by atoms with E-state index in [0.717, 1.165) is 39.2 Å². The number of aromatic nitrogens is 5. The third kappa shape index (κ3) is 5.08. The first-order chi connectivity index (χ1) is 15.1. The van der Waals surface area contributed by atoms with Crippen molar-refractivity contribution >= 4 is 10.9 Å². The van der Waals surface area contributed by atoms with Gasteiger partial charge in [0.05, 0.1) is 17.4 Å². The molecule has 5 rings (SSSR count). The Morgan fingerprint density at radius 2 is 1.71 bits per heavy atom. The number of fused-ring (bicyclic) bond motifs is 1. The minimum Gasteiger partial charge on any atom is -0.277 e. The number of aromatic amines is 2. The summed E-state index contributed by atoms with van der Waals surface area (Å²) in [7, 11) is 0. The second-order valence-electron chi connectivity index (χ2n) is 8.41. The average molecular weight is 416 g/mol. The van der Waals surface area contributed by atoms with Gasteiger partial charge in [0.1, 0.15) is 0 Å². The summed E-state index contributed by atoms with van der Waals surface area (Å²) in [5.74, 6) is 1.03. The number of nitrogens with zero attached hydrogens (tertiary/aromatic N) is 3. The number of rotatable bonds is 2. The number of aryl methyl sites for hydroxylation is 1. The fourth-order valence-electron chi connectivity index (χ4n) is 4.19. The van der Waals surface area contributed by atoms with E-state index in [2.05, 4.69) is 32.3 Å². The summed E-state index contributed by atoms with van der Waals surface area (Å²) in [4.78, 5) is 15.4. The lowest BCUT2D eigenvalue weighted by molar-refractivity contribution is 0.505. The molecule has 160 valence electrons. The number of hydrogen-bond donors (Lipinski definition) is 2. The fraction of sp³-hybridized carbons (Fsp3) is 0.360. The molecule has 0 unspecified atom stereocenters. The maximum Gasteiger partial charge on any atom is 0.264 e. The van der Waals surface area contributed by atoms with Crippen LogP contribution in [-0.4, -0.2) is 25.4 Å². The van der Waals surface area contributed by atoms with Crippen molar-refractivity contribution in [1.29, 1.82) is 0 Å². The van der Waals surface area contributed by atoms with Gasteiger partial charge in [-0.05, 0) is 48.2 Å². The van der Waals surface area contributed by atoms with Gasteiger partial charge in [-0.25, -0.2) is 5.10 Å². The Kier molecular flexibility index (Phi) is 6.55. The summed E-state index contributed by atoms with van der Waals surface area (Å²) >= 11 is 0. The van der Waals surface area contributed by atoms with Crippen molar-refractivity contribution < 1.29 is 0 Å². The first-order valence-corrected chi connectivity index (χ1v) is 11.1. The third-order valence-electron chi connectivity index (χ3n) is 5.92. The van der Waals surface area contributed by atoms with E-state index in [1.165, 1.54) is 44.6 Å².